The van der Waals surface area contributed by atoms with Gasteiger partial charge in [-0.05, 0) is 31.2 Å². The number of carbonyl (C=O) groups excluding carboxylic acids is 4. The van der Waals surface area contributed by atoms with Crippen LogP contribution in [0.2, 0.25) is 0 Å². The molecule has 12 heteroatoms. The van der Waals surface area contributed by atoms with Crippen LogP contribution in [0.5, 0.6) is 0 Å². The molecular weight excluding hydrogens is 572 g/mol. The molecule has 0 spiro atoms. The zero-order valence-corrected chi connectivity index (χ0v) is 26.2. The molecule has 4 aliphatic heterocycles. The van der Waals surface area contributed by atoms with Crippen molar-refractivity contribution in [3.05, 3.63) is 60.7 Å². The molecule has 0 N–H and O–H groups in total. The molecule has 1 unspecified atom stereocenters. The molecule has 0 aliphatic carbocycles. The van der Waals surface area contributed by atoms with Crippen LogP contribution in [0.3, 0.4) is 0 Å². The fourth-order valence-electron chi connectivity index (χ4n) is 6.68. The fraction of sp³-hybridized carbons (Fsp3) is 0.515. The molecule has 6 rings (SSSR count). The van der Waals surface area contributed by atoms with Gasteiger partial charge in [-0.15, -0.1) is 0 Å². The molecule has 4 fully saturated rings. The average Bonchev–Trinajstić information content (AvgIpc) is 3.06. The summed E-state index contributed by atoms with van der Waals surface area (Å²) in [5.41, 5.74) is 2.38. The molecule has 240 valence electrons. The van der Waals surface area contributed by atoms with Gasteiger partial charge >= 0.3 is 0 Å². The third-order valence-corrected chi connectivity index (χ3v) is 9.41. The van der Waals surface area contributed by atoms with E-state index in [4.69, 9.17) is 0 Å². The first kappa shape index (κ1) is 31.2. The number of carbonyl (C=O) groups is 4. The quantitative estimate of drug-likeness (QED) is 0.366. The van der Waals surface area contributed by atoms with E-state index in [0.29, 0.717) is 19.9 Å². The van der Waals surface area contributed by atoms with Gasteiger partial charge in [0.2, 0.25) is 23.6 Å². The van der Waals surface area contributed by atoms with Gasteiger partial charge in [-0.3, -0.25) is 48.6 Å². The average molecular weight is 617 g/mol. The van der Waals surface area contributed by atoms with Gasteiger partial charge in [-0.25, -0.2) is 0 Å². The van der Waals surface area contributed by atoms with Crippen LogP contribution in [-0.4, -0.2) is 157 Å². The van der Waals surface area contributed by atoms with Crippen LogP contribution in [0.4, 0.5) is 11.4 Å². The second-order valence-corrected chi connectivity index (χ2v) is 12.5. The highest BCUT2D eigenvalue weighted by atomic mass is 16.2. The minimum Gasteiger partial charge on any atom is -0.369 e. The first-order chi connectivity index (χ1) is 21.8. The first-order valence-electron chi connectivity index (χ1n) is 16.0. The van der Waals surface area contributed by atoms with Crippen molar-refractivity contribution >= 4 is 35.0 Å². The van der Waals surface area contributed by atoms with E-state index in [1.165, 1.54) is 21.2 Å². The van der Waals surface area contributed by atoms with Crippen molar-refractivity contribution in [3.8, 4) is 0 Å². The Kier molecular flexibility index (Phi) is 9.74. The number of imide groups is 2. The summed E-state index contributed by atoms with van der Waals surface area (Å²) in [6.45, 7) is 10.1. The highest BCUT2D eigenvalue weighted by Crippen LogP contribution is 2.19. The Balaban J connectivity index is 0.931. The Hall–Kier alpha value is -3.84. The van der Waals surface area contributed by atoms with Gasteiger partial charge in [0.05, 0.1) is 39.5 Å². The number of benzene rings is 2. The second kappa shape index (κ2) is 14.1. The van der Waals surface area contributed by atoms with E-state index in [9.17, 15) is 19.2 Å². The normalized spacial score (nSPS) is 22.4. The standard InChI is InChI=1S/C33H44N8O4/c1-27(39-23-32(44)41(33(45)24-39)26-35-14-18-38(19-15-35)29-10-6-3-7-11-29)20-36-21-30(42)40(31(43)22-36)25-34-12-16-37(17-13-34)28-8-4-2-5-9-28/h2-11,27H,12-26H2,1H3. The van der Waals surface area contributed by atoms with Gasteiger partial charge in [0.15, 0.2) is 0 Å². The van der Waals surface area contributed by atoms with E-state index in [1.54, 1.807) is 0 Å². The molecule has 0 saturated carbocycles. The van der Waals surface area contributed by atoms with Crippen molar-refractivity contribution in [1.82, 2.24) is 29.4 Å². The molecule has 0 aromatic heterocycles. The van der Waals surface area contributed by atoms with Crippen LogP contribution in [-0.2, 0) is 19.2 Å². The molecule has 4 heterocycles. The SMILES string of the molecule is CC(CN1CC(=O)N(CN2CCN(c3ccccc3)CC2)C(=O)C1)N1CC(=O)N(CN2CCN(c3ccccc3)CC2)C(=O)C1. The van der Waals surface area contributed by atoms with E-state index >= 15 is 0 Å². The maximum atomic E-state index is 13.1. The molecule has 4 saturated heterocycles. The number of nitrogens with zero attached hydrogens (tertiary/aromatic N) is 8. The Bertz CT molecular complexity index is 1310. The Labute approximate surface area is 265 Å². The summed E-state index contributed by atoms with van der Waals surface area (Å²) >= 11 is 0. The predicted octanol–water partition coefficient (Wildman–Crippen LogP) is 0.276. The molecule has 4 amide bonds. The largest absolute Gasteiger partial charge is 0.369 e. The number of para-hydroxylation sites is 2. The third-order valence-electron chi connectivity index (χ3n) is 9.41. The minimum atomic E-state index is -0.201. The number of piperazine rings is 4. The van der Waals surface area contributed by atoms with Crippen molar-refractivity contribution < 1.29 is 19.2 Å². The van der Waals surface area contributed by atoms with Crippen LogP contribution >= 0.6 is 0 Å². The van der Waals surface area contributed by atoms with E-state index in [1.807, 2.05) is 53.1 Å². The summed E-state index contributed by atoms with van der Waals surface area (Å²) in [7, 11) is 0. The van der Waals surface area contributed by atoms with Gasteiger partial charge in [-0.2, -0.15) is 0 Å². The maximum Gasteiger partial charge on any atom is 0.244 e. The molecule has 2 aromatic rings. The molecule has 0 bridgehead atoms. The van der Waals surface area contributed by atoms with Crippen molar-refractivity contribution in [2.45, 2.75) is 13.0 Å². The number of hydrogen-bond acceptors (Lipinski definition) is 10. The predicted molar refractivity (Wildman–Crippen MR) is 171 cm³/mol. The van der Waals surface area contributed by atoms with Crippen molar-refractivity contribution in [2.24, 2.45) is 0 Å². The fourth-order valence-corrected chi connectivity index (χ4v) is 6.68. The monoisotopic (exact) mass is 616 g/mol. The van der Waals surface area contributed by atoms with E-state index < -0.39 is 0 Å². The Morgan fingerprint density at radius 3 is 1.29 bits per heavy atom. The topological polar surface area (TPSA) is 94.2 Å². The summed E-state index contributed by atoms with van der Waals surface area (Å²) in [5, 5.41) is 0. The van der Waals surface area contributed by atoms with Gasteiger partial charge in [-0.1, -0.05) is 36.4 Å². The lowest BCUT2D eigenvalue weighted by Crippen LogP contribution is -2.62. The van der Waals surface area contributed by atoms with Crippen molar-refractivity contribution in [1.29, 1.82) is 0 Å². The van der Waals surface area contributed by atoms with Crippen LogP contribution in [0.1, 0.15) is 6.92 Å². The minimum absolute atomic E-state index is 0.147. The van der Waals surface area contributed by atoms with Crippen LogP contribution < -0.4 is 9.80 Å². The van der Waals surface area contributed by atoms with Crippen LogP contribution in [0.25, 0.3) is 0 Å². The van der Waals surface area contributed by atoms with Gasteiger partial charge < -0.3 is 9.80 Å². The van der Waals surface area contributed by atoms with E-state index in [0.717, 1.165) is 52.4 Å². The number of rotatable bonds is 9. The van der Waals surface area contributed by atoms with Crippen molar-refractivity contribution in [2.75, 3.05) is 108 Å². The van der Waals surface area contributed by atoms with Gasteiger partial charge in [0.1, 0.15) is 0 Å². The summed E-state index contributed by atoms with van der Waals surface area (Å²) in [5.74, 6) is -0.803. The van der Waals surface area contributed by atoms with Gasteiger partial charge in [0, 0.05) is 76.3 Å². The van der Waals surface area contributed by atoms with Gasteiger partial charge in [0.25, 0.3) is 0 Å². The smallest absolute Gasteiger partial charge is 0.244 e. The Morgan fingerprint density at radius 1 is 0.511 bits per heavy atom. The maximum absolute atomic E-state index is 13.1. The molecule has 4 aliphatic rings. The first-order valence-corrected chi connectivity index (χ1v) is 16.0. The second-order valence-electron chi connectivity index (χ2n) is 12.5. The van der Waals surface area contributed by atoms with Crippen molar-refractivity contribution in [3.63, 3.8) is 0 Å². The highest BCUT2D eigenvalue weighted by Gasteiger charge is 2.37. The summed E-state index contributed by atoms with van der Waals surface area (Å²) in [6, 6.07) is 20.4. The molecule has 1 atom stereocenters. The molecular formula is C33H44N8O4. The molecule has 0 radical (unpaired) electrons. The van der Waals surface area contributed by atoms with Crippen LogP contribution in [0.15, 0.2) is 60.7 Å². The lowest BCUT2D eigenvalue weighted by atomic mass is 10.2. The zero-order valence-electron chi connectivity index (χ0n) is 26.2. The van der Waals surface area contributed by atoms with E-state index in [2.05, 4.69) is 43.9 Å². The molecule has 12 nitrogen and oxygen atoms in total. The zero-order chi connectivity index (χ0) is 31.3. The van der Waals surface area contributed by atoms with Crippen LogP contribution in [0, 0.1) is 0 Å². The van der Waals surface area contributed by atoms with E-state index in [-0.39, 0.29) is 55.8 Å². The molecule has 45 heavy (non-hydrogen) atoms. The number of hydrogen-bond donors (Lipinski definition) is 0. The number of anilines is 2. The lowest BCUT2D eigenvalue weighted by molar-refractivity contribution is -0.158. The number of amides is 4. The molecule has 2 aromatic carbocycles. The highest BCUT2D eigenvalue weighted by molar-refractivity contribution is 6.00. The summed E-state index contributed by atoms with van der Waals surface area (Å²) < 4.78 is 0. The Morgan fingerprint density at radius 2 is 0.889 bits per heavy atom. The summed E-state index contributed by atoms with van der Waals surface area (Å²) in [6.07, 6.45) is 0. The lowest BCUT2D eigenvalue weighted by Gasteiger charge is -2.42. The third kappa shape index (κ3) is 7.52. The summed E-state index contributed by atoms with van der Waals surface area (Å²) in [4.78, 5) is 67.7.